The van der Waals surface area contributed by atoms with Gasteiger partial charge in [0.15, 0.2) is 0 Å². The Labute approximate surface area is 146 Å². The summed E-state index contributed by atoms with van der Waals surface area (Å²) in [5.41, 5.74) is 2.74. The van der Waals surface area contributed by atoms with E-state index in [1.807, 2.05) is 55.5 Å². The van der Waals surface area contributed by atoms with E-state index in [1.54, 1.807) is 6.07 Å². The van der Waals surface area contributed by atoms with Gasteiger partial charge in [0.2, 0.25) is 0 Å². The van der Waals surface area contributed by atoms with E-state index in [9.17, 15) is 4.79 Å². The number of benzene rings is 2. The van der Waals surface area contributed by atoms with Crippen LogP contribution in [0.25, 0.3) is 0 Å². The standard InChI is InChI=1S/C19H18ClN3O/c1-14-5-4-7-17(11-14)23-19(24)16(12-21)13-22-10-9-15-6-2-3-8-18(15)20/h2-8,11,13,22H,9-10H2,1H3,(H,23,24)/b16-13-. The van der Waals surface area contributed by atoms with Crippen LogP contribution in [0.2, 0.25) is 5.02 Å². The highest BCUT2D eigenvalue weighted by Gasteiger charge is 2.09. The van der Waals surface area contributed by atoms with Gasteiger partial charge in [0.05, 0.1) is 0 Å². The second-order valence-electron chi connectivity index (χ2n) is 5.29. The second-order valence-corrected chi connectivity index (χ2v) is 5.70. The molecule has 2 N–H and O–H groups in total. The van der Waals surface area contributed by atoms with Crippen molar-refractivity contribution < 1.29 is 4.79 Å². The van der Waals surface area contributed by atoms with E-state index < -0.39 is 5.91 Å². The van der Waals surface area contributed by atoms with Crippen LogP contribution in [0.4, 0.5) is 5.69 Å². The summed E-state index contributed by atoms with van der Waals surface area (Å²) in [6.07, 6.45) is 2.14. The highest BCUT2D eigenvalue weighted by atomic mass is 35.5. The number of amides is 1. The Bertz CT molecular complexity index is 793. The number of hydrogen-bond acceptors (Lipinski definition) is 3. The minimum absolute atomic E-state index is 0.0238. The van der Waals surface area contributed by atoms with Crippen molar-refractivity contribution in [1.82, 2.24) is 5.32 Å². The molecule has 0 aliphatic carbocycles. The van der Waals surface area contributed by atoms with Crippen LogP contribution in [0.1, 0.15) is 11.1 Å². The van der Waals surface area contributed by atoms with Crippen molar-refractivity contribution in [2.24, 2.45) is 0 Å². The molecule has 0 aliphatic heterocycles. The number of halogens is 1. The Hall–Kier alpha value is -2.77. The van der Waals surface area contributed by atoms with Crippen molar-refractivity contribution in [1.29, 1.82) is 5.26 Å². The van der Waals surface area contributed by atoms with Crippen LogP contribution in [0.5, 0.6) is 0 Å². The zero-order chi connectivity index (χ0) is 17.4. The molecule has 4 nitrogen and oxygen atoms in total. The summed E-state index contributed by atoms with van der Waals surface area (Å²) >= 11 is 6.09. The summed E-state index contributed by atoms with van der Waals surface area (Å²) in [5, 5.41) is 15.6. The molecule has 0 saturated carbocycles. The van der Waals surface area contributed by atoms with Gasteiger partial charge in [-0.3, -0.25) is 4.79 Å². The third kappa shape index (κ3) is 5.15. The number of nitrogens with one attached hydrogen (secondary N) is 2. The number of carbonyl (C=O) groups excluding carboxylic acids is 1. The van der Waals surface area contributed by atoms with E-state index in [1.165, 1.54) is 6.20 Å². The monoisotopic (exact) mass is 339 g/mol. The minimum atomic E-state index is -0.437. The third-order valence-corrected chi connectivity index (χ3v) is 3.75. The van der Waals surface area contributed by atoms with Gasteiger partial charge in [-0.25, -0.2) is 0 Å². The van der Waals surface area contributed by atoms with E-state index in [-0.39, 0.29) is 5.57 Å². The van der Waals surface area contributed by atoms with Gasteiger partial charge in [-0.15, -0.1) is 0 Å². The lowest BCUT2D eigenvalue weighted by Crippen LogP contribution is -2.18. The summed E-state index contributed by atoms with van der Waals surface area (Å²) in [7, 11) is 0. The van der Waals surface area contributed by atoms with Gasteiger partial charge in [-0.05, 0) is 42.7 Å². The molecule has 0 aromatic heterocycles. The van der Waals surface area contributed by atoms with Gasteiger partial charge in [-0.2, -0.15) is 5.26 Å². The molecule has 2 aromatic rings. The lowest BCUT2D eigenvalue weighted by atomic mass is 10.1. The van der Waals surface area contributed by atoms with Crippen LogP contribution in [-0.4, -0.2) is 12.5 Å². The highest BCUT2D eigenvalue weighted by molar-refractivity contribution is 6.31. The lowest BCUT2D eigenvalue weighted by molar-refractivity contribution is -0.112. The maximum atomic E-state index is 12.1. The number of anilines is 1. The summed E-state index contributed by atoms with van der Waals surface area (Å²) < 4.78 is 0. The SMILES string of the molecule is Cc1cccc(NC(=O)/C(C#N)=C\NCCc2ccccc2Cl)c1. The Balaban J connectivity index is 1.90. The number of rotatable bonds is 6. The molecule has 0 heterocycles. The number of carbonyl (C=O) groups is 1. The van der Waals surface area contributed by atoms with Gasteiger partial charge in [0.25, 0.3) is 5.91 Å². The largest absolute Gasteiger partial charge is 0.389 e. The average molecular weight is 340 g/mol. The fourth-order valence-electron chi connectivity index (χ4n) is 2.15. The van der Waals surface area contributed by atoms with Crippen molar-refractivity contribution in [3.63, 3.8) is 0 Å². The molecule has 0 unspecified atom stereocenters. The van der Waals surface area contributed by atoms with Crippen LogP contribution >= 0.6 is 11.6 Å². The van der Waals surface area contributed by atoms with Crippen molar-refractivity contribution in [2.45, 2.75) is 13.3 Å². The molecule has 2 rings (SSSR count). The molecule has 0 bridgehead atoms. The molecule has 122 valence electrons. The van der Waals surface area contributed by atoms with E-state index in [2.05, 4.69) is 10.6 Å². The van der Waals surface area contributed by atoms with Crippen molar-refractivity contribution in [3.8, 4) is 6.07 Å². The maximum Gasteiger partial charge on any atom is 0.267 e. The molecular weight excluding hydrogens is 322 g/mol. The van der Waals surface area contributed by atoms with Crippen LogP contribution in [0.15, 0.2) is 60.3 Å². The predicted molar refractivity (Wildman–Crippen MR) is 96.7 cm³/mol. The molecular formula is C19H18ClN3O. The molecule has 0 atom stereocenters. The van der Waals surface area contributed by atoms with E-state index in [0.717, 1.165) is 11.1 Å². The number of nitrogens with zero attached hydrogens (tertiary/aromatic N) is 1. The average Bonchev–Trinajstić information content (AvgIpc) is 2.56. The first-order valence-electron chi connectivity index (χ1n) is 7.55. The molecule has 2 aromatic carbocycles. The second kappa shape index (κ2) is 8.76. The van der Waals surface area contributed by atoms with Gasteiger partial charge < -0.3 is 10.6 Å². The van der Waals surface area contributed by atoms with Gasteiger partial charge >= 0.3 is 0 Å². The third-order valence-electron chi connectivity index (χ3n) is 3.38. The minimum Gasteiger partial charge on any atom is -0.389 e. The van der Waals surface area contributed by atoms with E-state index >= 15 is 0 Å². The zero-order valence-corrected chi connectivity index (χ0v) is 14.1. The van der Waals surface area contributed by atoms with Crippen molar-refractivity contribution >= 4 is 23.2 Å². The Kier molecular flexibility index (Phi) is 6.41. The Morgan fingerprint density at radius 2 is 2.04 bits per heavy atom. The predicted octanol–water partition coefficient (Wildman–Crippen LogP) is 3.83. The Morgan fingerprint density at radius 1 is 1.25 bits per heavy atom. The number of hydrogen-bond donors (Lipinski definition) is 2. The van der Waals surface area contributed by atoms with Crippen LogP contribution in [0.3, 0.4) is 0 Å². The first-order valence-corrected chi connectivity index (χ1v) is 7.93. The molecule has 0 radical (unpaired) electrons. The molecule has 24 heavy (non-hydrogen) atoms. The van der Waals surface area contributed by atoms with E-state index in [4.69, 9.17) is 16.9 Å². The van der Waals surface area contributed by atoms with Gasteiger partial charge in [0, 0.05) is 23.5 Å². The Morgan fingerprint density at radius 3 is 2.75 bits per heavy atom. The first kappa shape index (κ1) is 17.6. The summed E-state index contributed by atoms with van der Waals surface area (Å²) in [5.74, 6) is -0.437. The fourth-order valence-corrected chi connectivity index (χ4v) is 2.38. The lowest BCUT2D eigenvalue weighted by Gasteiger charge is -2.06. The smallest absolute Gasteiger partial charge is 0.267 e. The first-order chi connectivity index (χ1) is 11.6. The van der Waals surface area contributed by atoms with Gasteiger partial charge in [-0.1, -0.05) is 41.9 Å². The number of aryl methyl sites for hydroxylation is 1. The molecule has 0 aliphatic rings. The van der Waals surface area contributed by atoms with Crippen LogP contribution < -0.4 is 10.6 Å². The number of nitriles is 1. The maximum absolute atomic E-state index is 12.1. The quantitative estimate of drug-likeness (QED) is 0.477. The van der Waals surface area contributed by atoms with E-state index in [0.29, 0.717) is 23.7 Å². The highest BCUT2D eigenvalue weighted by Crippen LogP contribution is 2.15. The molecule has 1 amide bonds. The van der Waals surface area contributed by atoms with Crippen molar-refractivity contribution in [3.05, 3.63) is 76.5 Å². The zero-order valence-electron chi connectivity index (χ0n) is 13.3. The molecule has 0 spiro atoms. The van der Waals surface area contributed by atoms with Crippen molar-refractivity contribution in [2.75, 3.05) is 11.9 Å². The summed E-state index contributed by atoms with van der Waals surface area (Å²) in [4.78, 5) is 12.1. The fraction of sp³-hybridized carbons (Fsp3) is 0.158. The normalized spacial score (nSPS) is 10.8. The van der Waals surface area contributed by atoms with Crippen LogP contribution in [-0.2, 0) is 11.2 Å². The topological polar surface area (TPSA) is 64.9 Å². The molecule has 5 heteroatoms. The van der Waals surface area contributed by atoms with Gasteiger partial charge in [0.1, 0.15) is 11.6 Å². The summed E-state index contributed by atoms with van der Waals surface area (Å²) in [6.45, 7) is 2.51. The van der Waals surface area contributed by atoms with Crippen LogP contribution in [0, 0.1) is 18.3 Å². The summed E-state index contributed by atoms with van der Waals surface area (Å²) in [6, 6.07) is 16.9. The molecule has 0 fully saturated rings. The molecule has 0 saturated heterocycles.